The molecule has 1 aromatic rings. The molecule has 28 heavy (non-hydrogen) atoms. The van der Waals surface area contributed by atoms with E-state index in [2.05, 4.69) is 0 Å². The number of carbonyl (C=O) groups is 2. The quantitative estimate of drug-likeness (QED) is 0.689. The van der Waals surface area contributed by atoms with Crippen LogP contribution in [0.25, 0.3) is 0 Å². The Labute approximate surface area is 170 Å². The normalized spacial score (nSPS) is 23.8. The molecule has 3 aliphatic rings. The number of piperazine rings is 1. The lowest BCUT2D eigenvalue weighted by Gasteiger charge is -2.35. The molecule has 7 nitrogen and oxygen atoms in total. The summed E-state index contributed by atoms with van der Waals surface area (Å²) in [6.07, 6.45) is 3.96. The third kappa shape index (κ3) is 3.47. The Hall–Kier alpha value is -1.48. The minimum Gasteiger partial charge on any atom is -0.283 e. The molecule has 2 saturated heterocycles. The number of amides is 2. The van der Waals surface area contributed by atoms with Gasteiger partial charge in [-0.15, -0.1) is 0 Å². The minimum atomic E-state index is -3.57. The monoisotopic (exact) mass is 425 g/mol. The van der Waals surface area contributed by atoms with Crippen LogP contribution in [0, 0.1) is 5.41 Å². The van der Waals surface area contributed by atoms with Gasteiger partial charge in [0.1, 0.15) is 0 Å². The highest BCUT2D eigenvalue weighted by molar-refractivity contribution is 7.89. The predicted molar refractivity (Wildman–Crippen MR) is 104 cm³/mol. The molecular weight excluding hydrogens is 402 g/mol. The number of imide groups is 1. The zero-order chi connectivity index (χ0) is 19.9. The van der Waals surface area contributed by atoms with E-state index < -0.39 is 15.4 Å². The summed E-state index contributed by atoms with van der Waals surface area (Å²) in [5.74, 6) is -0.130. The molecule has 1 aromatic carbocycles. The lowest BCUT2D eigenvalue weighted by atomic mass is 9.85. The van der Waals surface area contributed by atoms with Crippen LogP contribution in [0.3, 0.4) is 0 Å². The van der Waals surface area contributed by atoms with Crippen LogP contribution in [0.4, 0.5) is 0 Å². The molecule has 2 aliphatic heterocycles. The van der Waals surface area contributed by atoms with Crippen LogP contribution in [0.15, 0.2) is 29.2 Å². The number of nitrogens with zero attached hydrogens (tertiary/aromatic N) is 3. The maximum absolute atomic E-state index is 12.8. The van der Waals surface area contributed by atoms with Crippen molar-refractivity contribution in [2.24, 2.45) is 5.41 Å². The molecule has 1 spiro atoms. The molecule has 0 N–H and O–H groups in total. The third-order valence-corrected chi connectivity index (χ3v) is 8.34. The van der Waals surface area contributed by atoms with Gasteiger partial charge in [-0.1, -0.05) is 24.4 Å². The van der Waals surface area contributed by atoms with Gasteiger partial charge < -0.3 is 0 Å². The summed E-state index contributed by atoms with van der Waals surface area (Å²) >= 11 is 5.84. The Bertz CT molecular complexity index is 873. The van der Waals surface area contributed by atoms with E-state index >= 15 is 0 Å². The number of likely N-dealkylation sites (tertiary alicyclic amines) is 1. The van der Waals surface area contributed by atoms with Crippen molar-refractivity contribution in [3.05, 3.63) is 29.3 Å². The van der Waals surface area contributed by atoms with Crippen LogP contribution in [0.5, 0.6) is 0 Å². The van der Waals surface area contributed by atoms with Crippen LogP contribution in [-0.2, 0) is 19.6 Å². The zero-order valence-electron chi connectivity index (χ0n) is 15.6. The van der Waals surface area contributed by atoms with Crippen LogP contribution in [0.1, 0.15) is 32.1 Å². The van der Waals surface area contributed by atoms with Gasteiger partial charge in [-0.25, -0.2) is 8.42 Å². The van der Waals surface area contributed by atoms with Crippen LogP contribution < -0.4 is 0 Å². The molecule has 152 valence electrons. The Balaban J connectivity index is 1.37. The highest BCUT2D eigenvalue weighted by Crippen LogP contribution is 2.46. The average Bonchev–Trinajstić information content (AvgIpc) is 3.23. The predicted octanol–water partition coefficient (Wildman–Crippen LogP) is 1.92. The van der Waals surface area contributed by atoms with Gasteiger partial charge in [-0.2, -0.15) is 4.31 Å². The summed E-state index contributed by atoms with van der Waals surface area (Å²) in [6, 6.07) is 6.14. The molecule has 0 atom stereocenters. The summed E-state index contributed by atoms with van der Waals surface area (Å²) in [5.41, 5.74) is -0.461. The van der Waals surface area contributed by atoms with E-state index in [9.17, 15) is 18.0 Å². The lowest BCUT2D eigenvalue weighted by Crippen LogP contribution is -2.52. The van der Waals surface area contributed by atoms with Crippen LogP contribution in [-0.4, -0.2) is 67.2 Å². The van der Waals surface area contributed by atoms with E-state index in [0.717, 1.165) is 25.7 Å². The van der Waals surface area contributed by atoms with Crippen molar-refractivity contribution in [3.63, 3.8) is 0 Å². The standard InChI is InChI=1S/C19H24ClN3O4S/c20-15-3-5-16(6-4-15)28(26,27)22-11-9-21(10-12-22)14-23-17(24)13-19(18(23)25)7-1-2-8-19/h3-6H,1-2,7-14H2. The largest absolute Gasteiger partial charge is 0.283 e. The molecule has 4 rings (SSSR count). The van der Waals surface area contributed by atoms with Crippen LogP contribution >= 0.6 is 11.6 Å². The highest BCUT2D eigenvalue weighted by Gasteiger charge is 2.52. The molecule has 0 radical (unpaired) electrons. The minimum absolute atomic E-state index is 0.0359. The molecule has 1 saturated carbocycles. The molecule has 0 bridgehead atoms. The second-order valence-electron chi connectivity index (χ2n) is 7.91. The molecule has 2 amide bonds. The summed E-state index contributed by atoms with van der Waals surface area (Å²) < 4.78 is 27.0. The van der Waals surface area contributed by atoms with Crippen molar-refractivity contribution in [2.75, 3.05) is 32.8 Å². The average molecular weight is 426 g/mol. The molecule has 1 aliphatic carbocycles. The van der Waals surface area contributed by atoms with Gasteiger partial charge in [-0.05, 0) is 37.1 Å². The molecule has 2 heterocycles. The first-order chi connectivity index (χ1) is 13.3. The molecule has 9 heteroatoms. The van der Waals surface area contributed by atoms with E-state index in [1.165, 1.54) is 21.3 Å². The van der Waals surface area contributed by atoms with Crippen molar-refractivity contribution in [3.8, 4) is 0 Å². The lowest BCUT2D eigenvalue weighted by molar-refractivity contribution is -0.144. The first kappa shape index (κ1) is 19.8. The maximum atomic E-state index is 12.8. The number of rotatable bonds is 4. The van der Waals surface area contributed by atoms with E-state index in [4.69, 9.17) is 11.6 Å². The Morgan fingerprint density at radius 2 is 1.57 bits per heavy atom. The summed E-state index contributed by atoms with van der Waals surface area (Å²) in [4.78, 5) is 28.8. The van der Waals surface area contributed by atoms with Gasteiger partial charge in [0, 0.05) is 37.6 Å². The number of carbonyl (C=O) groups excluding carboxylic acids is 2. The van der Waals surface area contributed by atoms with Gasteiger partial charge in [-0.3, -0.25) is 19.4 Å². The van der Waals surface area contributed by atoms with Crippen molar-refractivity contribution in [2.45, 2.75) is 37.0 Å². The summed E-state index contributed by atoms with van der Waals surface area (Å²) in [7, 11) is -3.57. The molecular formula is C19H24ClN3O4S. The number of benzene rings is 1. The van der Waals surface area contributed by atoms with E-state index in [0.29, 0.717) is 37.6 Å². The van der Waals surface area contributed by atoms with Gasteiger partial charge in [0.05, 0.1) is 17.0 Å². The topological polar surface area (TPSA) is 78.0 Å². The highest BCUT2D eigenvalue weighted by atomic mass is 35.5. The van der Waals surface area contributed by atoms with Gasteiger partial charge >= 0.3 is 0 Å². The summed E-state index contributed by atoms with van der Waals surface area (Å²) in [6.45, 7) is 1.88. The third-order valence-electron chi connectivity index (χ3n) is 6.17. The molecule has 0 aromatic heterocycles. The van der Waals surface area contributed by atoms with Crippen molar-refractivity contribution < 1.29 is 18.0 Å². The van der Waals surface area contributed by atoms with Gasteiger partial charge in [0.15, 0.2) is 0 Å². The smallest absolute Gasteiger partial charge is 0.243 e. The number of halogens is 1. The van der Waals surface area contributed by atoms with Crippen molar-refractivity contribution in [1.29, 1.82) is 0 Å². The van der Waals surface area contributed by atoms with Crippen molar-refractivity contribution in [1.82, 2.24) is 14.1 Å². The Morgan fingerprint density at radius 1 is 0.964 bits per heavy atom. The van der Waals surface area contributed by atoms with Crippen molar-refractivity contribution >= 4 is 33.4 Å². The second-order valence-corrected chi connectivity index (χ2v) is 10.3. The second kappa shape index (κ2) is 7.40. The number of sulfonamides is 1. The van der Waals surface area contributed by atoms with E-state index in [-0.39, 0.29) is 23.4 Å². The summed E-state index contributed by atoms with van der Waals surface area (Å²) in [5, 5.41) is 0.490. The fourth-order valence-electron chi connectivity index (χ4n) is 4.51. The molecule has 0 unspecified atom stereocenters. The number of hydrogen-bond acceptors (Lipinski definition) is 5. The molecule has 3 fully saturated rings. The van der Waals surface area contributed by atoms with Gasteiger partial charge in [0.25, 0.3) is 0 Å². The van der Waals surface area contributed by atoms with Crippen LogP contribution in [0.2, 0.25) is 5.02 Å². The SMILES string of the molecule is O=C1CC2(CCCC2)C(=O)N1CN1CCN(S(=O)(=O)c2ccc(Cl)cc2)CC1. The fraction of sp³-hybridized carbons (Fsp3) is 0.579. The van der Waals surface area contributed by atoms with E-state index in [1.54, 1.807) is 12.1 Å². The number of hydrogen-bond donors (Lipinski definition) is 0. The zero-order valence-corrected chi connectivity index (χ0v) is 17.2. The first-order valence-corrected chi connectivity index (χ1v) is 11.5. The van der Waals surface area contributed by atoms with Gasteiger partial charge in [0.2, 0.25) is 21.8 Å². The maximum Gasteiger partial charge on any atom is 0.243 e. The Morgan fingerprint density at radius 3 is 2.18 bits per heavy atom. The first-order valence-electron chi connectivity index (χ1n) is 9.65. The van der Waals surface area contributed by atoms with E-state index in [1.807, 2.05) is 4.90 Å². The Kier molecular flexibility index (Phi) is 5.24. The fourth-order valence-corrected chi connectivity index (χ4v) is 6.06.